The van der Waals surface area contributed by atoms with Crippen molar-refractivity contribution in [3.8, 4) is 0 Å². The molecule has 0 aliphatic carbocycles. The summed E-state index contributed by atoms with van der Waals surface area (Å²) >= 11 is 1.57. The number of benzene rings is 1. The van der Waals surface area contributed by atoms with E-state index in [0.717, 1.165) is 37.2 Å². The summed E-state index contributed by atoms with van der Waals surface area (Å²) in [5.74, 6) is -0.128. The fraction of sp³-hybridized carbons (Fsp3) is 0.412. The zero-order valence-corrected chi connectivity index (χ0v) is 13.9. The summed E-state index contributed by atoms with van der Waals surface area (Å²) < 4.78 is 5.71. The number of rotatable bonds is 2. The monoisotopic (exact) mass is 329 g/mol. The number of nitrogens with zero attached hydrogens (tertiary/aromatic N) is 2. The van der Waals surface area contributed by atoms with Crippen molar-refractivity contribution in [2.24, 2.45) is 0 Å². The first-order chi connectivity index (χ1) is 11.2. The highest BCUT2D eigenvalue weighted by atomic mass is 32.1. The Morgan fingerprint density at radius 2 is 2.26 bits per heavy atom. The molecule has 2 aliphatic heterocycles. The predicted octanol–water partition coefficient (Wildman–Crippen LogP) is 2.38. The van der Waals surface area contributed by atoms with Crippen LogP contribution in [-0.2, 0) is 28.9 Å². The van der Waals surface area contributed by atoms with Gasteiger partial charge >= 0.3 is 0 Å². The van der Waals surface area contributed by atoms with Gasteiger partial charge in [0.15, 0.2) is 11.2 Å². The van der Waals surface area contributed by atoms with E-state index in [1.54, 1.807) is 11.3 Å². The van der Waals surface area contributed by atoms with Crippen molar-refractivity contribution in [1.29, 1.82) is 0 Å². The first-order valence-corrected chi connectivity index (χ1v) is 8.70. The maximum atomic E-state index is 12.6. The Hall–Kier alpha value is -1.76. The second-order valence-corrected chi connectivity index (χ2v) is 7.15. The fourth-order valence-electron chi connectivity index (χ4n) is 3.16. The molecule has 2 aliphatic rings. The van der Waals surface area contributed by atoms with Crippen LogP contribution in [0.25, 0.3) is 0 Å². The minimum atomic E-state index is -0.538. The number of thiazole rings is 1. The number of nitrogens with one attached hydrogen (secondary N) is 1. The average molecular weight is 329 g/mol. The molecule has 1 unspecified atom stereocenters. The van der Waals surface area contributed by atoms with Gasteiger partial charge in [0.25, 0.3) is 5.91 Å². The smallest absolute Gasteiger partial charge is 0.259 e. The SMILES string of the molecule is CN1CCc2nc(NC(=O)C3OCCc4ccccc43)sc2C1. The quantitative estimate of drug-likeness (QED) is 0.919. The molecule has 6 heteroatoms. The molecule has 1 N–H and O–H groups in total. The Kier molecular flexibility index (Phi) is 3.88. The van der Waals surface area contributed by atoms with Crippen molar-refractivity contribution in [1.82, 2.24) is 9.88 Å². The van der Waals surface area contributed by atoms with Gasteiger partial charge in [-0.3, -0.25) is 10.1 Å². The molecule has 2 aromatic rings. The third-order valence-corrected chi connectivity index (χ3v) is 5.38. The molecule has 0 spiro atoms. The van der Waals surface area contributed by atoms with Crippen LogP contribution in [0.3, 0.4) is 0 Å². The maximum absolute atomic E-state index is 12.6. The number of ether oxygens (including phenoxy) is 1. The number of hydrogen-bond donors (Lipinski definition) is 1. The van der Waals surface area contributed by atoms with Crippen molar-refractivity contribution in [3.05, 3.63) is 46.0 Å². The predicted molar refractivity (Wildman–Crippen MR) is 89.6 cm³/mol. The summed E-state index contributed by atoms with van der Waals surface area (Å²) in [6, 6.07) is 7.99. The molecule has 4 rings (SSSR count). The molecular formula is C17H19N3O2S. The van der Waals surface area contributed by atoms with Gasteiger partial charge in [-0.05, 0) is 24.6 Å². The second kappa shape index (κ2) is 6.03. The van der Waals surface area contributed by atoms with Crippen LogP contribution in [0.4, 0.5) is 5.13 Å². The van der Waals surface area contributed by atoms with E-state index < -0.39 is 6.10 Å². The number of anilines is 1. The minimum Gasteiger partial charge on any atom is -0.363 e. The lowest BCUT2D eigenvalue weighted by Gasteiger charge is -2.24. The van der Waals surface area contributed by atoms with E-state index in [4.69, 9.17) is 4.74 Å². The van der Waals surface area contributed by atoms with Crippen LogP contribution in [0.15, 0.2) is 24.3 Å². The van der Waals surface area contributed by atoms with E-state index in [-0.39, 0.29) is 5.91 Å². The van der Waals surface area contributed by atoms with Gasteiger partial charge in [0, 0.05) is 24.4 Å². The van der Waals surface area contributed by atoms with E-state index >= 15 is 0 Å². The van der Waals surface area contributed by atoms with Crippen LogP contribution in [0.2, 0.25) is 0 Å². The number of amides is 1. The Morgan fingerprint density at radius 3 is 3.17 bits per heavy atom. The number of carbonyl (C=O) groups is 1. The van der Waals surface area contributed by atoms with Gasteiger partial charge in [0.2, 0.25) is 0 Å². The van der Waals surface area contributed by atoms with Gasteiger partial charge in [0.05, 0.1) is 12.3 Å². The van der Waals surface area contributed by atoms with Crippen LogP contribution in [0.5, 0.6) is 0 Å². The van der Waals surface area contributed by atoms with E-state index in [1.807, 2.05) is 18.2 Å². The Labute approximate surface area is 139 Å². The highest BCUT2D eigenvalue weighted by molar-refractivity contribution is 7.15. The molecule has 3 heterocycles. The van der Waals surface area contributed by atoms with Crippen molar-refractivity contribution in [3.63, 3.8) is 0 Å². The van der Waals surface area contributed by atoms with Crippen LogP contribution in [0.1, 0.15) is 27.8 Å². The van der Waals surface area contributed by atoms with Gasteiger partial charge < -0.3 is 9.64 Å². The van der Waals surface area contributed by atoms with Gasteiger partial charge in [-0.2, -0.15) is 0 Å². The van der Waals surface area contributed by atoms with Gasteiger partial charge in [0.1, 0.15) is 0 Å². The third-order valence-electron chi connectivity index (χ3n) is 4.38. The Balaban J connectivity index is 1.53. The molecule has 1 amide bonds. The summed E-state index contributed by atoms with van der Waals surface area (Å²) in [5, 5.41) is 3.63. The van der Waals surface area contributed by atoms with Crippen molar-refractivity contribution < 1.29 is 9.53 Å². The van der Waals surface area contributed by atoms with Crippen LogP contribution >= 0.6 is 11.3 Å². The van der Waals surface area contributed by atoms with Crippen LogP contribution in [-0.4, -0.2) is 36.0 Å². The highest BCUT2D eigenvalue weighted by Crippen LogP contribution is 2.31. The third kappa shape index (κ3) is 2.89. The number of fused-ring (bicyclic) bond motifs is 2. The molecule has 23 heavy (non-hydrogen) atoms. The van der Waals surface area contributed by atoms with Crippen LogP contribution in [0, 0.1) is 0 Å². The molecule has 0 bridgehead atoms. The maximum Gasteiger partial charge on any atom is 0.259 e. The summed E-state index contributed by atoms with van der Waals surface area (Å²) in [5.41, 5.74) is 3.28. The van der Waals surface area contributed by atoms with E-state index in [1.165, 1.54) is 10.4 Å². The Morgan fingerprint density at radius 1 is 1.39 bits per heavy atom. The first kappa shape index (κ1) is 14.8. The van der Waals surface area contributed by atoms with E-state index in [2.05, 4.69) is 28.3 Å². The lowest BCUT2D eigenvalue weighted by molar-refractivity contribution is -0.128. The minimum absolute atomic E-state index is 0.128. The van der Waals surface area contributed by atoms with Crippen molar-refractivity contribution in [2.45, 2.75) is 25.5 Å². The van der Waals surface area contributed by atoms with Crippen molar-refractivity contribution >= 4 is 22.4 Å². The molecule has 0 saturated heterocycles. The highest BCUT2D eigenvalue weighted by Gasteiger charge is 2.28. The number of carbonyl (C=O) groups excluding carboxylic acids is 1. The molecular weight excluding hydrogens is 310 g/mol. The van der Waals surface area contributed by atoms with Gasteiger partial charge in [-0.15, -0.1) is 11.3 Å². The number of hydrogen-bond acceptors (Lipinski definition) is 5. The molecule has 0 fully saturated rings. The normalized spacial score (nSPS) is 20.7. The number of likely N-dealkylation sites (N-methyl/N-ethyl adjacent to an activating group) is 1. The standard InChI is InChI=1S/C17H19N3O2S/c1-20-8-6-13-14(10-20)23-17(18-13)19-16(21)15-12-5-3-2-4-11(12)7-9-22-15/h2-5,15H,6-10H2,1H3,(H,18,19,21). The lowest BCUT2D eigenvalue weighted by Crippen LogP contribution is -2.28. The average Bonchev–Trinajstić information content (AvgIpc) is 2.95. The van der Waals surface area contributed by atoms with E-state index in [0.29, 0.717) is 11.7 Å². The molecule has 0 saturated carbocycles. The van der Waals surface area contributed by atoms with Gasteiger partial charge in [-0.1, -0.05) is 24.3 Å². The topological polar surface area (TPSA) is 54.5 Å². The number of aromatic nitrogens is 1. The van der Waals surface area contributed by atoms with Crippen LogP contribution < -0.4 is 5.32 Å². The zero-order chi connectivity index (χ0) is 15.8. The van der Waals surface area contributed by atoms with E-state index in [9.17, 15) is 4.79 Å². The molecule has 1 atom stereocenters. The summed E-state index contributed by atoms with van der Waals surface area (Å²) in [6.07, 6.45) is 1.27. The molecule has 120 valence electrons. The molecule has 5 nitrogen and oxygen atoms in total. The Bertz CT molecular complexity index is 743. The zero-order valence-electron chi connectivity index (χ0n) is 13.0. The fourth-order valence-corrected chi connectivity index (χ4v) is 4.25. The lowest BCUT2D eigenvalue weighted by atomic mass is 9.97. The molecule has 1 aromatic heterocycles. The summed E-state index contributed by atoms with van der Waals surface area (Å²) in [6.45, 7) is 2.50. The summed E-state index contributed by atoms with van der Waals surface area (Å²) in [4.78, 5) is 20.7. The largest absolute Gasteiger partial charge is 0.363 e. The molecule has 1 aromatic carbocycles. The molecule has 0 radical (unpaired) electrons. The van der Waals surface area contributed by atoms with Crippen molar-refractivity contribution in [2.75, 3.05) is 25.5 Å². The van der Waals surface area contributed by atoms with Gasteiger partial charge in [-0.25, -0.2) is 4.98 Å². The summed E-state index contributed by atoms with van der Waals surface area (Å²) in [7, 11) is 2.10. The second-order valence-electron chi connectivity index (χ2n) is 6.07. The first-order valence-electron chi connectivity index (χ1n) is 7.88.